The first-order chi connectivity index (χ1) is 15.2. The minimum absolute atomic E-state index is 0. The van der Waals surface area contributed by atoms with Gasteiger partial charge >= 0.3 is 37.7 Å². The number of nitrogens with two attached hydrogens (primary N) is 1. The van der Waals surface area contributed by atoms with Crippen LogP contribution in [0.1, 0.15) is 22.8 Å². The molecule has 13 nitrogen and oxygen atoms in total. The first-order valence-corrected chi connectivity index (χ1v) is 10.1. The minimum atomic E-state index is -3.02. The van der Waals surface area contributed by atoms with Crippen molar-refractivity contribution in [1.29, 1.82) is 0 Å². The number of benzene rings is 1. The van der Waals surface area contributed by atoms with Gasteiger partial charge in [-0.2, -0.15) is 0 Å². The number of ketones is 2. The molecule has 1 aromatic rings. The van der Waals surface area contributed by atoms with Crippen LogP contribution in [0, 0.1) is 11.8 Å². The molecule has 0 unspecified atom stereocenters. The average molecular weight is 539 g/mol. The van der Waals surface area contributed by atoms with Crippen molar-refractivity contribution in [3.63, 3.8) is 0 Å². The number of aliphatic hydroxyl groups is 5. The van der Waals surface area contributed by atoms with Gasteiger partial charge in [-0.15, -0.1) is 0 Å². The summed E-state index contributed by atoms with van der Waals surface area (Å²) in [6, 6.07) is 2.54. The predicted octanol–water partition coefficient (Wildman–Crippen LogP) is -3.81. The number of aliphatic hydroxyl groups excluding tert-OH is 3. The molecule has 3 aliphatic carbocycles. The van der Waals surface area contributed by atoms with Crippen LogP contribution in [0.15, 0.2) is 40.9 Å². The van der Waals surface area contributed by atoms with E-state index in [4.69, 9.17) is 5.73 Å². The van der Waals surface area contributed by atoms with E-state index in [9.17, 15) is 45.0 Å². The van der Waals surface area contributed by atoms with E-state index in [2.05, 4.69) is 0 Å². The summed E-state index contributed by atoms with van der Waals surface area (Å²) in [7, 11) is 2.85. The van der Waals surface area contributed by atoms with Gasteiger partial charge in [0.05, 0.1) is 40.7 Å². The van der Waals surface area contributed by atoms with Crippen LogP contribution < -0.4 is 5.73 Å². The molecular weight excluding hydrogens is 508 g/mol. The molecule has 0 aromatic heterocycles. The molecule has 14 heteroatoms. The van der Waals surface area contributed by atoms with Crippen molar-refractivity contribution < 1.29 is 56.0 Å². The van der Waals surface area contributed by atoms with Gasteiger partial charge in [0, 0.05) is 0 Å². The third-order valence-electron chi connectivity index (χ3n) is 7.04. The summed E-state index contributed by atoms with van der Waals surface area (Å²) in [5.41, 5.74) is -1.88. The van der Waals surface area contributed by atoms with Crippen molar-refractivity contribution in [3.8, 4) is 5.75 Å². The number of hydrogen-bond acceptors (Lipinski definition) is 10. The summed E-state index contributed by atoms with van der Waals surface area (Å²) >= 11 is 0. The Hall–Kier alpha value is -2.07. The summed E-state index contributed by atoms with van der Waals surface area (Å²) in [5.74, 6) is -9.66. The Morgan fingerprint density at radius 2 is 1.64 bits per heavy atom. The summed E-state index contributed by atoms with van der Waals surface area (Å²) < 4.78 is 0. The zero-order chi connectivity index (χ0) is 24.8. The van der Waals surface area contributed by atoms with Gasteiger partial charge in [0.15, 0.2) is 11.4 Å². The Morgan fingerprint density at radius 1 is 1.08 bits per heavy atom. The van der Waals surface area contributed by atoms with Crippen molar-refractivity contribution in [2.24, 2.45) is 17.6 Å². The van der Waals surface area contributed by atoms with Crippen LogP contribution in [0.5, 0.6) is 5.75 Å². The van der Waals surface area contributed by atoms with Gasteiger partial charge in [0.2, 0.25) is 5.78 Å². The topological polar surface area (TPSA) is 265 Å². The fraction of sp³-hybridized carbons (Fsp3) is 0.409. The first-order valence-electron chi connectivity index (χ1n) is 10.1. The number of phenols is 1. The number of phenolic OH excluding ortho intramolecular Hbond substituents is 1. The molecule has 1 amide bonds. The maximum atomic E-state index is 13.3. The third-order valence-corrected chi connectivity index (χ3v) is 7.04. The van der Waals surface area contributed by atoms with E-state index in [1.54, 1.807) is 0 Å². The maximum absolute atomic E-state index is 13.3. The van der Waals surface area contributed by atoms with Crippen LogP contribution in [0.3, 0.4) is 0 Å². The summed E-state index contributed by atoms with van der Waals surface area (Å²) in [6.45, 7) is 1.25. The number of Topliss-reactive ketones (excluding diaryl/α,β-unsaturated/α-hetero) is 2. The van der Waals surface area contributed by atoms with Gasteiger partial charge in [-0.25, -0.2) is 0 Å². The van der Waals surface area contributed by atoms with E-state index >= 15 is 0 Å². The van der Waals surface area contributed by atoms with Gasteiger partial charge in [0.25, 0.3) is 5.91 Å². The number of nitrogens with zero attached hydrogens (tertiary/aromatic N) is 1. The molecule has 3 aliphatic rings. The Morgan fingerprint density at radius 3 is 2.14 bits per heavy atom. The molecule has 0 saturated heterocycles. The fourth-order valence-electron chi connectivity index (χ4n) is 5.60. The van der Waals surface area contributed by atoms with E-state index in [1.165, 1.54) is 44.1 Å². The zero-order valence-electron chi connectivity index (χ0n) is 19.0. The summed E-state index contributed by atoms with van der Waals surface area (Å²) in [5, 5.41) is 66.5. The van der Waals surface area contributed by atoms with Crippen LogP contribution in [0.2, 0.25) is 0 Å². The monoisotopic (exact) mass is 538 g/mol. The van der Waals surface area contributed by atoms with E-state index in [-0.39, 0.29) is 59.8 Å². The zero-order valence-corrected chi connectivity index (χ0v) is 19.0. The Balaban J connectivity index is 0.00000216. The molecule has 196 valence electrons. The number of aromatic hydroxyl groups is 1. The number of likely N-dealkylation sites (N-methyl/N-ethyl adjacent to an activating group) is 1. The van der Waals surface area contributed by atoms with Crippen LogP contribution in [-0.2, 0) is 15.2 Å². The summed E-state index contributed by atoms with van der Waals surface area (Å²) in [6.07, 6.45) is -1.87. The molecule has 4 rings (SSSR count). The first kappa shape index (κ1) is 32.0. The number of primary amides is 1. The van der Waals surface area contributed by atoms with Crippen LogP contribution in [-0.4, -0.2) is 134 Å². The predicted molar refractivity (Wildman–Crippen MR) is 127 cm³/mol. The van der Waals surface area contributed by atoms with Gasteiger partial charge in [-0.05, 0) is 32.6 Å². The molecule has 0 fully saturated rings. The molecule has 0 saturated carbocycles. The fourth-order valence-corrected chi connectivity index (χ4v) is 5.60. The normalized spacial score (nSPS) is 33.0. The number of carbonyl (C=O) groups is 3. The van der Waals surface area contributed by atoms with Gasteiger partial charge in [0.1, 0.15) is 22.8 Å². The number of rotatable bonds is 2. The molecule has 0 radical (unpaired) electrons. The van der Waals surface area contributed by atoms with Crippen LogP contribution in [0.4, 0.5) is 0 Å². The summed E-state index contributed by atoms with van der Waals surface area (Å²) in [4.78, 5) is 39.8. The Bertz CT molecular complexity index is 1190. The second-order valence-corrected chi connectivity index (χ2v) is 9.06. The van der Waals surface area contributed by atoms with Crippen molar-refractivity contribution in [2.75, 3.05) is 14.1 Å². The van der Waals surface area contributed by atoms with E-state index in [0.29, 0.717) is 0 Å². The second-order valence-electron chi connectivity index (χ2n) is 9.06. The molecule has 0 aliphatic heterocycles. The van der Waals surface area contributed by atoms with E-state index in [1.807, 2.05) is 0 Å². The van der Waals surface area contributed by atoms with Crippen molar-refractivity contribution in [2.45, 2.75) is 30.3 Å². The molecular formula is C22H30CaN2O11. The van der Waals surface area contributed by atoms with E-state index < -0.39 is 81.1 Å². The van der Waals surface area contributed by atoms with Gasteiger partial charge in [-0.1, -0.05) is 12.1 Å². The average Bonchev–Trinajstić information content (AvgIpc) is 2.70. The molecule has 36 heavy (non-hydrogen) atoms. The van der Waals surface area contributed by atoms with Gasteiger partial charge < -0.3 is 47.3 Å². The number of fused-ring (bicyclic) bond motifs is 3. The molecule has 0 heterocycles. The molecule has 0 spiro atoms. The number of hydrogen-bond donors (Lipinski definition) is 7. The van der Waals surface area contributed by atoms with E-state index in [0.717, 1.165) is 0 Å². The molecule has 6 atom stereocenters. The quantitative estimate of drug-likeness (QED) is 0.142. The molecule has 0 bridgehead atoms. The van der Waals surface area contributed by atoms with Crippen LogP contribution in [0.25, 0.3) is 0 Å². The molecule has 12 N–H and O–H groups in total. The standard InChI is InChI=1S/C22H24N2O9.Ca.2H2O.2H/c1-21(32)7-5-4-6-8(25)9(7)15(26)10-12(21)17(28)13-14(24(2)3)16(27)11(20(23)31)19(30)22(13,33)18(10)29;;;;;/h4-6,12-14,17,25,27-29,32-33H,1-3H3,(H2,23,31);;2*1H2;;/t12-,13-,14+,17+,21-,22+;;;;;/m1...../s1. The van der Waals surface area contributed by atoms with Crippen LogP contribution >= 0.6 is 0 Å². The van der Waals surface area contributed by atoms with Gasteiger partial charge in [-0.3, -0.25) is 19.3 Å². The Kier molecular flexibility index (Phi) is 8.88. The number of carbonyl (C=O) groups excluding carboxylic acids is 3. The van der Waals surface area contributed by atoms with Crippen molar-refractivity contribution in [1.82, 2.24) is 4.90 Å². The number of amides is 1. The SMILES string of the molecule is CN(C)[C@@H]1C(O)=C(C(N)=O)C(=O)[C@@]2(O)C(O)=C3C(=O)c4c(O)cccc4[C@@](C)(O)[C@H]3[C@H](O)[C@@H]12.O.O.[CaH2]. The van der Waals surface area contributed by atoms with Crippen molar-refractivity contribution >= 4 is 55.2 Å². The second kappa shape index (κ2) is 10.0. The Labute approximate surface area is 234 Å². The molecule has 1 aromatic carbocycles. The van der Waals surface area contributed by atoms with Crippen molar-refractivity contribution in [3.05, 3.63) is 52.0 Å². The third kappa shape index (κ3) is 3.78.